The van der Waals surface area contributed by atoms with Gasteiger partial charge in [-0.1, -0.05) is 24.3 Å². The summed E-state index contributed by atoms with van der Waals surface area (Å²) in [5, 5.41) is 9.28. The van der Waals surface area contributed by atoms with Crippen molar-refractivity contribution in [3.05, 3.63) is 24.3 Å². The number of hydrogen-bond acceptors (Lipinski definition) is 3. The molecule has 1 aliphatic rings. The van der Waals surface area contributed by atoms with Gasteiger partial charge in [-0.3, -0.25) is 4.79 Å². The molecule has 0 aromatic heterocycles. The van der Waals surface area contributed by atoms with Crippen LogP contribution in [0.4, 0.5) is 0 Å². The first-order valence-electron chi connectivity index (χ1n) is 6.75. The Bertz CT molecular complexity index is 294. The van der Waals surface area contributed by atoms with Crippen LogP contribution in [0.15, 0.2) is 24.3 Å². The maximum absolute atomic E-state index is 10.9. The number of carbonyl (C=O) groups is 1. The summed E-state index contributed by atoms with van der Waals surface area (Å²) >= 11 is 0. The predicted octanol–water partition coefficient (Wildman–Crippen LogP) is 2.85. The van der Waals surface area contributed by atoms with Gasteiger partial charge in [0.1, 0.15) is 0 Å². The van der Waals surface area contributed by atoms with Crippen LogP contribution in [0.3, 0.4) is 0 Å². The van der Waals surface area contributed by atoms with E-state index in [1.807, 2.05) is 0 Å². The van der Waals surface area contributed by atoms with Crippen molar-refractivity contribution in [2.45, 2.75) is 38.5 Å². The number of hydrogen-bond donors (Lipinski definition) is 1. The van der Waals surface area contributed by atoms with Gasteiger partial charge in [0.25, 0.3) is 0 Å². The largest absolute Gasteiger partial charge is 0.469 e. The molecule has 2 atom stereocenters. The van der Waals surface area contributed by atoms with Crippen molar-refractivity contribution < 1.29 is 14.6 Å². The molecule has 0 radical (unpaired) electrons. The van der Waals surface area contributed by atoms with Crippen LogP contribution >= 0.6 is 0 Å². The summed E-state index contributed by atoms with van der Waals surface area (Å²) in [6.07, 6.45) is 14.0. The van der Waals surface area contributed by atoms with E-state index in [1.165, 1.54) is 7.11 Å². The Hall–Kier alpha value is -1.09. The Kier molecular flexibility index (Phi) is 7.42. The molecular weight excluding hydrogens is 228 g/mol. The number of aliphatic hydroxyl groups excluding tert-OH is 1. The van der Waals surface area contributed by atoms with Gasteiger partial charge in [-0.15, -0.1) is 0 Å². The molecule has 0 spiro atoms. The molecule has 0 amide bonds. The van der Waals surface area contributed by atoms with Crippen LogP contribution in [0.5, 0.6) is 0 Å². The summed E-state index contributed by atoms with van der Waals surface area (Å²) in [6.45, 7) is 0.283. The molecule has 0 saturated heterocycles. The van der Waals surface area contributed by atoms with Crippen LogP contribution < -0.4 is 0 Å². The van der Waals surface area contributed by atoms with Crippen molar-refractivity contribution in [1.82, 2.24) is 0 Å². The second-order valence-electron chi connectivity index (χ2n) is 4.82. The number of carbonyl (C=O) groups excluding carboxylic acids is 1. The fourth-order valence-electron chi connectivity index (χ4n) is 2.29. The Morgan fingerprint density at radius 1 is 1.33 bits per heavy atom. The average Bonchev–Trinajstić information content (AvgIpc) is 2.42. The van der Waals surface area contributed by atoms with E-state index in [4.69, 9.17) is 0 Å². The van der Waals surface area contributed by atoms with Crippen LogP contribution in [0, 0.1) is 11.8 Å². The molecule has 0 heterocycles. The van der Waals surface area contributed by atoms with Crippen molar-refractivity contribution >= 4 is 5.97 Å². The fraction of sp³-hybridized carbons (Fsp3) is 0.667. The first kappa shape index (κ1) is 15.0. The quantitative estimate of drug-likeness (QED) is 0.430. The van der Waals surface area contributed by atoms with Crippen molar-refractivity contribution in [1.29, 1.82) is 0 Å². The SMILES string of the molecule is COC(=O)CCC/C=C\C[C@H]1CC=CC[C@H]1CO. The molecule has 1 aliphatic carbocycles. The van der Waals surface area contributed by atoms with Crippen LogP contribution in [0.2, 0.25) is 0 Å². The second-order valence-corrected chi connectivity index (χ2v) is 4.82. The number of esters is 1. The predicted molar refractivity (Wildman–Crippen MR) is 72.1 cm³/mol. The average molecular weight is 252 g/mol. The van der Waals surface area contributed by atoms with E-state index in [0.717, 1.165) is 32.1 Å². The lowest BCUT2D eigenvalue weighted by molar-refractivity contribution is -0.140. The van der Waals surface area contributed by atoms with Crippen LogP contribution in [-0.4, -0.2) is 24.8 Å². The molecule has 0 fully saturated rings. The van der Waals surface area contributed by atoms with Gasteiger partial charge in [0.2, 0.25) is 0 Å². The second kappa shape index (κ2) is 8.92. The van der Waals surface area contributed by atoms with Gasteiger partial charge >= 0.3 is 5.97 Å². The molecule has 0 aliphatic heterocycles. The first-order valence-corrected chi connectivity index (χ1v) is 6.75. The lowest BCUT2D eigenvalue weighted by Gasteiger charge is -2.25. The molecule has 0 unspecified atom stereocenters. The van der Waals surface area contributed by atoms with Crippen LogP contribution in [-0.2, 0) is 9.53 Å². The number of unbranched alkanes of at least 4 members (excludes halogenated alkanes) is 1. The molecule has 18 heavy (non-hydrogen) atoms. The Morgan fingerprint density at radius 2 is 2.06 bits per heavy atom. The minimum Gasteiger partial charge on any atom is -0.469 e. The Balaban J connectivity index is 2.15. The van der Waals surface area contributed by atoms with Gasteiger partial charge < -0.3 is 9.84 Å². The summed E-state index contributed by atoms with van der Waals surface area (Å²) in [5.74, 6) is 0.840. The molecule has 3 heteroatoms. The zero-order valence-electron chi connectivity index (χ0n) is 11.2. The standard InChI is InChI=1S/C15H24O3/c1-18-15(17)11-5-3-2-4-8-13-9-6-7-10-14(13)12-16/h2,4,6-7,13-14,16H,3,5,8-12H2,1H3/b4-2-/t13-,14-/m0/s1. The monoisotopic (exact) mass is 252 g/mol. The van der Waals surface area contributed by atoms with Gasteiger partial charge in [-0.2, -0.15) is 0 Å². The number of ether oxygens (including phenoxy) is 1. The first-order chi connectivity index (χ1) is 8.77. The van der Waals surface area contributed by atoms with E-state index in [1.54, 1.807) is 0 Å². The van der Waals surface area contributed by atoms with Crippen LogP contribution in [0.1, 0.15) is 38.5 Å². The van der Waals surface area contributed by atoms with Gasteiger partial charge in [0.05, 0.1) is 7.11 Å². The third kappa shape index (κ3) is 5.50. The highest BCUT2D eigenvalue weighted by Crippen LogP contribution is 2.28. The van der Waals surface area contributed by atoms with Crippen molar-refractivity contribution in [2.24, 2.45) is 11.8 Å². The molecule has 0 aromatic carbocycles. The van der Waals surface area contributed by atoms with Crippen molar-refractivity contribution in [3.8, 4) is 0 Å². The topological polar surface area (TPSA) is 46.5 Å². The minimum absolute atomic E-state index is 0.138. The maximum atomic E-state index is 10.9. The number of allylic oxidation sites excluding steroid dienone is 4. The van der Waals surface area contributed by atoms with E-state index in [-0.39, 0.29) is 12.6 Å². The summed E-state index contributed by atoms with van der Waals surface area (Å²) in [6, 6.07) is 0. The summed E-state index contributed by atoms with van der Waals surface area (Å²) in [7, 11) is 1.42. The van der Waals surface area contributed by atoms with E-state index < -0.39 is 0 Å². The highest BCUT2D eigenvalue weighted by molar-refractivity contribution is 5.68. The van der Waals surface area contributed by atoms with Gasteiger partial charge in [0, 0.05) is 13.0 Å². The number of methoxy groups -OCH3 is 1. The normalized spacial score (nSPS) is 23.4. The molecule has 0 saturated carbocycles. The van der Waals surface area contributed by atoms with Gasteiger partial charge in [-0.25, -0.2) is 0 Å². The molecule has 102 valence electrons. The lowest BCUT2D eigenvalue weighted by atomic mass is 9.81. The molecule has 0 aromatic rings. The third-order valence-electron chi connectivity index (χ3n) is 3.53. The molecule has 3 nitrogen and oxygen atoms in total. The number of rotatable bonds is 7. The summed E-state index contributed by atoms with van der Waals surface area (Å²) in [5.41, 5.74) is 0. The lowest BCUT2D eigenvalue weighted by Crippen LogP contribution is -2.19. The van der Waals surface area contributed by atoms with E-state index in [0.29, 0.717) is 18.3 Å². The zero-order chi connectivity index (χ0) is 13.2. The van der Waals surface area contributed by atoms with E-state index in [9.17, 15) is 9.90 Å². The Labute approximate surface area is 110 Å². The molecular formula is C15H24O3. The highest BCUT2D eigenvalue weighted by Gasteiger charge is 2.20. The van der Waals surface area contributed by atoms with Crippen molar-refractivity contribution in [2.75, 3.05) is 13.7 Å². The van der Waals surface area contributed by atoms with Gasteiger partial charge in [-0.05, 0) is 43.9 Å². The number of aliphatic hydroxyl groups is 1. The molecule has 1 N–H and O–H groups in total. The minimum atomic E-state index is -0.138. The highest BCUT2D eigenvalue weighted by atomic mass is 16.5. The zero-order valence-corrected chi connectivity index (χ0v) is 11.2. The Morgan fingerprint density at radius 3 is 2.72 bits per heavy atom. The maximum Gasteiger partial charge on any atom is 0.305 e. The van der Waals surface area contributed by atoms with Gasteiger partial charge in [0.15, 0.2) is 0 Å². The third-order valence-corrected chi connectivity index (χ3v) is 3.53. The molecule has 0 bridgehead atoms. The van der Waals surface area contributed by atoms with Crippen molar-refractivity contribution in [3.63, 3.8) is 0 Å². The summed E-state index contributed by atoms with van der Waals surface area (Å²) < 4.78 is 4.58. The van der Waals surface area contributed by atoms with E-state index in [2.05, 4.69) is 29.0 Å². The summed E-state index contributed by atoms with van der Waals surface area (Å²) in [4.78, 5) is 10.9. The fourth-order valence-corrected chi connectivity index (χ4v) is 2.29. The van der Waals surface area contributed by atoms with E-state index >= 15 is 0 Å². The van der Waals surface area contributed by atoms with Crippen LogP contribution in [0.25, 0.3) is 0 Å². The molecule has 1 rings (SSSR count). The smallest absolute Gasteiger partial charge is 0.305 e.